The number of hydrogen-bond acceptors (Lipinski definition) is 0. The van der Waals surface area contributed by atoms with Crippen LogP contribution in [0, 0.1) is 0 Å². The molecule has 0 aromatic heterocycles. The molecule has 0 spiro atoms. The first-order valence-electron chi connectivity index (χ1n) is 2.87. The maximum atomic E-state index is 3.48. The second kappa shape index (κ2) is 5.45. The number of benzene rings is 1. The second-order valence-corrected chi connectivity index (χ2v) is 3.74. The second-order valence-electron chi connectivity index (χ2n) is 1.84. The van der Waals surface area contributed by atoms with Gasteiger partial charge < -0.3 is 17.0 Å². The van der Waals surface area contributed by atoms with Crippen LogP contribution in [0.15, 0.2) is 28.7 Å². The molecular formula is C7H6Br2Zn. The monoisotopic (exact) mass is 312 g/mol. The molecule has 0 heterocycles. The van der Waals surface area contributed by atoms with Gasteiger partial charge in [0.15, 0.2) is 0 Å². The zero-order chi connectivity index (χ0) is 6.69. The van der Waals surface area contributed by atoms with E-state index < -0.39 is 0 Å². The average Bonchev–Trinajstić information content (AvgIpc) is 1.89. The summed E-state index contributed by atoms with van der Waals surface area (Å²) in [6.07, 6.45) is 0. The van der Waals surface area contributed by atoms with Crippen LogP contribution in [0.3, 0.4) is 0 Å². The van der Waals surface area contributed by atoms with Crippen LogP contribution in [0.25, 0.3) is 0 Å². The van der Waals surface area contributed by atoms with Gasteiger partial charge in [-0.2, -0.15) is 0 Å². The molecule has 3 heteroatoms. The van der Waals surface area contributed by atoms with Crippen molar-refractivity contribution in [1.82, 2.24) is 0 Å². The van der Waals surface area contributed by atoms with Gasteiger partial charge in [0.2, 0.25) is 0 Å². The summed E-state index contributed by atoms with van der Waals surface area (Å²) in [6, 6.07) is 8.37. The standard InChI is InChI=1S/C7H6Br.BrH.Zn/c1-6-4-2-3-5-7(6)8;;/h2-5H,1H2;1H;/q;;+1/p-1. The van der Waals surface area contributed by atoms with Crippen molar-refractivity contribution in [2.24, 2.45) is 0 Å². The first kappa shape index (κ1) is 10.8. The fourth-order valence-corrected chi connectivity index (χ4v) is 2.87. The van der Waals surface area contributed by atoms with Gasteiger partial charge in [-0.25, -0.2) is 0 Å². The quantitative estimate of drug-likeness (QED) is 0.613. The fraction of sp³-hybridized carbons (Fsp3) is 0.143. The fourth-order valence-electron chi connectivity index (χ4n) is 0.701. The third-order valence-electron chi connectivity index (χ3n) is 1.23. The molecule has 0 aliphatic heterocycles. The van der Waals surface area contributed by atoms with Crippen molar-refractivity contribution in [3.05, 3.63) is 34.3 Å². The third-order valence-corrected chi connectivity index (χ3v) is 3.13. The first-order valence-corrected chi connectivity index (χ1v) is 5.76. The Bertz CT molecular complexity index is 201. The Morgan fingerprint density at radius 1 is 1.30 bits per heavy atom. The van der Waals surface area contributed by atoms with Gasteiger partial charge in [-0.05, 0) is 0 Å². The normalized spacial score (nSPS) is 8.70. The molecule has 0 aliphatic rings. The van der Waals surface area contributed by atoms with Crippen LogP contribution in [0.2, 0.25) is 0 Å². The Balaban J connectivity index is 0.000000810. The molecule has 0 saturated carbocycles. The van der Waals surface area contributed by atoms with E-state index in [0.717, 1.165) is 0 Å². The van der Waals surface area contributed by atoms with E-state index in [4.69, 9.17) is 0 Å². The zero-order valence-corrected chi connectivity index (χ0v) is 11.6. The third kappa shape index (κ3) is 2.81. The van der Waals surface area contributed by atoms with Gasteiger partial charge in [-0.15, -0.1) is 0 Å². The van der Waals surface area contributed by atoms with E-state index in [1.165, 1.54) is 33.4 Å². The molecule has 0 amide bonds. The van der Waals surface area contributed by atoms with Crippen LogP contribution in [0.5, 0.6) is 0 Å². The summed E-state index contributed by atoms with van der Waals surface area (Å²) in [5.41, 5.74) is 1.43. The molecule has 1 aromatic rings. The van der Waals surface area contributed by atoms with E-state index >= 15 is 0 Å². The van der Waals surface area contributed by atoms with E-state index in [0.29, 0.717) is 0 Å². The van der Waals surface area contributed by atoms with Crippen molar-refractivity contribution in [2.75, 3.05) is 0 Å². The molecule has 0 aliphatic carbocycles. The van der Waals surface area contributed by atoms with Crippen molar-refractivity contribution < 1.29 is 35.3 Å². The van der Waals surface area contributed by atoms with Crippen LogP contribution in [-0.2, 0) is 23.3 Å². The predicted octanol–water partition coefficient (Wildman–Crippen LogP) is -0.500. The summed E-state index contributed by atoms with van der Waals surface area (Å²) in [7, 11) is 0. The van der Waals surface area contributed by atoms with Crippen LogP contribution in [0.1, 0.15) is 5.56 Å². The van der Waals surface area contributed by atoms with Gasteiger partial charge in [0.25, 0.3) is 0 Å². The van der Waals surface area contributed by atoms with E-state index in [1.54, 1.807) is 0 Å². The summed E-state index contributed by atoms with van der Waals surface area (Å²) >= 11 is 4.81. The van der Waals surface area contributed by atoms with E-state index in [-0.39, 0.29) is 17.0 Å². The Labute approximate surface area is 90.0 Å². The molecular weight excluding hydrogens is 309 g/mol. The van der Waals surface area contributed by atoms with Gasteiger partial charge in [0.05, 0.1) is 0 Å². The van der Waals surface area contributed by atoms with Crippen molar-refractivity contribution >= 4 is 15.9 Å². The van der Waals surface area contributed by atoms with Crippen LogP contribution < -0.4 is 17.0 Å². The van der Waals surface area contributed by atoms with Crippen LogP contribution in [0.4, 0.5) is 0 Å². The predicted molar refractivity (Wildman–Crippen MR) is 37.8 cm³/mol. The molecule has 0 bridgehead atoms. The van der Waals surface area contributed by atoms with E-state index in [1.807, 2.05) is 6.07 Å². The topological polar surface area (TPSA) is 0 Å². The van der Waals surface area contributed by atoms with Crippen LogP contribution >= 0.6 is 15.9 Å². The summed E-state index contributed by atoms with van der Waals surface area (Å²) in [4.78, 5) is 0. The summed E-state index contributed by atoms with van der Waals surface area (Å²) in [6.45, 7) is 0. The van der Waals surface area contributed by atoms with Gasteiger partial charge >= 0.3 is 73.5 Å². The molecule has 0 saturated heterocycles. The summed E-state index contributed by atoms with van der Waals surface area (Å²) in [5, 5.41) is 1.22. The Morgan fingerprint density at radius 3 is 2.30 bits per heavy atom. The molecule has 50 valence electrons. The molecule has 1 rings (SSSR count). The Kier molecular flexibility index (Phi) is 5.89. The molecule has 10 heavy (non-hydrogen) atoms. The van der Waals surface area contributed by atoms with Gasteiger partial charge in [0, 0.05) is 0 Å². The first-order chi connectivity index (χ1) is 4.34. The minimum atomic E-state index is 0. The van der Waals surface area contributed by atoms with Gasteiger partial charge in [-0.3, -0.25) is 0 Å². The number of rotatable bonds is 1. The Hall–Kier alpha value is 0.803. The van der Waals surface area contributed by atoms with E-state index in [9.17, 15) is 0 Å². The van der Waals surface area contributed by atoms with Crippen molar-refractivity contribution in [3.8, 4) is 0 Å². The van der Waals surface area contributed by atoms with Crippen LogP contribution in [-0.4, -0.2) is 0 Å². The van der Waals surface area contributed by atoms with Gasteiger partial charge in [0.1, 0.15) is 0 Å². The summed E-state index contributed by atoms with van der Waals surface area (Å²) < 4.78 is 1.25. The molecule has 0 atom stereocenters. The number of halogens is 2. The van der Waals surface area contributed by atoms with Crippen molar-refractivity contribution in [1.29, 1.82) is 0 Å². The average molecular weight is 315 g/mol. The maximum absolute atomic E-state index is 3.48. The van der Waals surface area contributed by atoms with E-state index in [2.05, 4.69) is 34.1 Å². The molecule has 0 nitrogen and oxygen atoms in total. The molecule has 0 fully saturated rings. The van der Waals surface area contributed by atoms with Crippen molar-refractivity contribution in [3.63, 3.8) is 0 Å². The Morgan fingerprint density at radius 2 is 1.90 bits per heavy atom. The summed E-state index contributed by atoms with van der Waals surface area (Å²) in [5.74, 6) is 0. The SMILES string of the molecule is [Br-].[Zn+][CH2]c1ccccc1Br. The molecule has 0 unspecified atom stereocenters. The molecule has 1 aromatic carbocycles. The molecule has 0 N–H and O–H groups in total. The number of hydrogen-bond donors (Lipinski definition) is 0. The van der Waals surface area contributed by atoms with Crippen molar-refractivity contribution in [2.45, 2.75) is 5.02 Å². The molecule has 0 radical (unpaired) electrons. The zero-order valence-electron chi connectivity index (χ0n) is 5.48. The van der Waals surface area contributed by atoms with Gasteiger partial charge in [-0.1, -0.05) is 0 Å². The minimum absolute atomic E-state index is 0.